The van der Waals surface area contributed by atoms with Gasteiger partial charge in [0.15, 0.2) is 11.5 Å². The van der Waals surface area contributed by atoms with Gasteiger partial charge in [0.05, 0.1) is 5.75 Å². The van der Waals surface area contributed by atoms with Crippen molar-refractivity contribution < 1.29 is 17.9 Å². The summed E-state index contributed by atoms with van der Waals surface area (Å²) in [5, 5.41) is 0. The summed E-state index contributed by atoms with van der Waals surface area (Å²) >= 11 is 0. The zero-order valence-electron chi connectivity index (χ0n) is 15.0. The van der Waals surface area contributed by atoms with Gasteiger partial charge in [0, 0.05) is 6.54 Å². The fourth-order valence-corrected chi connectivity index (χ4v) is 4.01. The molecule has 1 aliphatic rings. The Labute approximate surface area is 155 Å². The normalized spacial score (nSPS) is 14.8. The first-order valence-electron chi connectivity index (χ1n) is 8.94. The lowest BCUT2D eigenvalue weighted by atomic mass is 9.97. The fraction of sp³-hybridized carbons (Fsp3) is 0.400. The zero-order valence-corrected chi connectivity index (χ0v) is 15.8. The maximum absolute atomic E-state index is 12.2. The maximum Gasteiger partial charge on any atom is 0.211 e. The summed E-state index contributed by atoms with van der Waals surface area (Å²) in [7, 11) is -3.27. The van der Waals surface area contributed by atoms with E-state index in [1.54, 1.807) is 0 Å². The molecular formula is C20H25NO4S. The second-order valence-electron chi connectivity index (χ2n) is 6.54. The molecule has 0 aliphatic carbocycles. The molecule has 2 aromatic rings. The van der Waals surface area contributed by atoms with Crippen molar-refractivity contribution in [2.45, 2.75) is 25.7 Å². The SMILES string of the molecule is CC(CCNS(=O)(=O)CCc1ccccc1)c1ccc2c(c1)OCCO2. The first kappa shape index (κ1) is 18.7. The Bertz CT molecular complexity index is 821. The third kappa shape index (κ3) is 5.22. The average molecular weight is 375 g/mol. The van der Waals surface area contributed by atoms with Crippen molar-refractivity contribution >= 4 is 10.0 Å². The van der Waals surface area contributed by atoms with E-state index in [-0.39, 0.29) is 11.7 Å². The highest BCUT2D eigenvalue weighted by atomic mass is 32.2. The van der Waals surface area contributed by atoms with Crippen molar-refractivity contribution in [3.63, 3.8) is 0 Å². The molecule has 1 N–H and O–H groups in total. The Balaban J connectivity index is 1.47. The molecule has 0 bridgehead atoms. The standard InChI is InChI=1S/C20H25NO4S/c1-16(18-7-8-19-20(15-18)25-13-12-24-19)9-11-21-26(22,23)14-10-17-5-3-2-4-6-17/h2-8,15-16,21H,9-14H2,1H3. The van der Waals surface area contributed by atoms with Crippen molar-refractivity contribution in [3.05, 3.63) is 59.7 Å². The smallest absolute Gasteiger partial charge is 0.211 e. The van der Waals surface area contributed by atoms with Crippen molar-refractivity contribution in [1.29, 1.82) is 0 Å². The predicted molar refractivity (Wildman–Crippen MR) is 102 cm³/mol. The maximum atomic E-state index is 12.2. The van der Waals surface area contributed by atoms with E-state index in [0.717, 1.165) is 29.0 Å². The summed E-state index contributed by atoms with van der Waals surface area (Å²) in [6, 6.07) is 15.6. The summed E-state index contributed by atoms with van der Waals surface area (Å²) in [5.74, 6) is 1.87. The van der Waals surface area contributed by atoms with Gasteiger partial charge in [-0.15, -0.1) is 0 Å². The molecule has 1 atom stereocenters. The molecule has 1 heterocycles. The molecule has 2 aromatic carbocycles. The minimum Gasteiger partial charge on any atom is -0.486 e. The van der Waals surface area contributed by atoms with Crippen LogP contribution in [0.15, 0.2) is 48.5 Å². The number of hydrogen-bond acceptors (Lipinski definition) is 4. The van der Waals surface area contributed by atoms with Gasteiger partial charge < -0.3 is 9.47 Å². The first-order chi connectivity index (χ1) is 12.5. The van der Waals surface area contributed by atoms with E-state index in [1.165, 1.54) is 0 Å². The molecule has 26 heavy (non-hydrogen) atoms. The van der Waals surface area contributed by atoms with Gasteiger partial charge in [-0.1, -0.05) is 43.3 Å². The number of hydrogen-bond donors (Lipinski definition) is 1. The summed E-state index contributed by atoms with van der Waals surface area (Å²) in [6.45, 7) is 3.65. The summed E-state index contributed by atoms with van der Waals surface area (Å²) < 4.78 is 38.2. The Morgan fingerprint density at radius 3 is 2.54 bits per heavy atom. The minimum atomic E-state index is -3.27. The Morgan fingerprint density at radius 2 is 1.77 bits per heavy atom. The molecular weight excluding hydrogens is 350 g/mol. The quantitative estimate of drug-likeness (QED) is 0.770. The monoisotopic (exact) mass is 375 g/mol. The van der Waals surface area contributed by atoms with E-state index >= 15 is 0 Å². The summed E-state index contributed by atoms with van der Waals surface area (Å²) in [4.78, 5) is 0. The minimum absolute atomic E-state index is 0.107. The molecule has 140 valence electrons. The molecule has 1 unspecified atom stereocenters. The fourth-order valence-electron chi connectivity index (χ4n) is 2.93. The van der Waals surface area contributed by atoms with Gasteiger partial charge in [0.25, 0.3) is 0 Å². The zero-order chi connectivity index (χ0) is 18.4. The van der Waals surface area contributed by atoms with E-state index in [9.17, 15) is 8.42 Å². The highest BCUT2D eigenvalue weighted by Gasteiger charge is 2.15. The van der Waals surface area contributed by atoms with Crippen molar-refractivity contribution in [1.82, 2.24) is 4.72 Å². The summed E-state index contributed by atoms with van der Waals surface area (Å²) in [5.41, 5.74) is 2.15. The molecule has 0 aromatic heterocycles. The molecule has 0 fully saturated rings. The average Bonchev–Trinajstić information content (AvgIpc) is 2.67. The highest BCUT2D eigenvalue weighted by molar-refractivity contribution is 7.89. The lowest BCUT2D eigenvalue weighted by molar-refractivity contribution is 0.171. The third-order valence-corrected chi connectivity index (χ3v) is 5.92. The van der Waals surface area contributed by atoms with Crippen LogP contribution < -0.4 is 14.2 Å². The van der Waals surface area contributed by atoms with Crippen LogP contribution >= 0.6 is 0 Å². The molecule has 0 amide bonds. The number of rotatable bonds is 8. The number of sulfonamides is 1. The van der Waals surface area contributed by atoms with Crippen LogP contribution in [0.1, 0.15) is 30.4 Å². The van der Waals surface area contributed by atoms with Crippen molar-refractivity contribution in [3.8, 4) is 11.5 Å². The van der Waals surface area contributed by atoms with E-state index in [4.69, 9.17) is 9.47 Å². The van der Waals surface area contributed by atoms with Crippen LogP contribution in [-0.2, 0) is 16.4 Å². The van der Waals surface area contributed by atoms with Crippen LogP contribution in [0.3, 0.4) is 0 Å². The molecule has 0 spiro atoms. The second-order valence-corrected chi connectivity index (χ2v) is 8.47. The Morgan fingerprint density at radius 1 is 1.04 bits per heavy atom. The Kier molecular flexibility index (Phi) is 6.16. The second kappa shape index (κ2) is 8.56. The molecule has 0 saturated heterocycles. The van der Waals surface area contributed by atoms with Gasteiger partial charge in [0.2, 0.25) is 10.0 Å². The van der Waals surface area contributed by atoms with Crippen LogP contribution in [0.4, 0.5) is 0 Å². The number of aryl methyl sites for hydroxylation is 1. The third-order valence-electron chi connectivity index (χ3n) is 4.54. The Hall–Kier alpha value is -2.05. The van der Waals surface area contributed by atoms with Crippen LogP contribution in [-0.4, -0.2) is 33.9 Å². The van der Waals surface area contributed by atoms with E-state index in [1.807, 2.05) is 48.5 Å². The predicted octanol–water partition coefficient (Wildman–Crippen LogP) is 3.11. The number of benzene rings is 2. The van der Waals surface area contributed by atoms with E-state index < -0.39 is 10.0 Å². The number of ether oxygens (including phenoxy) is 2. The van der Waals surface area contributed by atoms with Crippen molar-refractivity contribution in [2.75, 3.05) is 25.5 Å². The molecule has 6 heteroatoms. The van der Waals surface area contributed by atoms with E-state index in [2.05, 4.69) is 11.6 Å². The molecule has 3 rings (SSSR count). The lowest BCUT2D eigenvalue weighted by Gasteiger charge is -2.20. The van der Waals surface area contributed by atoms with Gasteiger partial charge in [-0.3, -0.25) is 0 Å². The first-order valence-corrected chi connectivity index (χ1v) is 10.6. The van der Waals surface area contributed by atoms with Crippen LogP contribution in [0.5, 0.6) is 11.5 Å². The van der Waals surface area contributed by atoms with Crippen LogP contribution in [0.25, 0.3) is 0 Å². The molecule has 1 aliphatic heterocycles. The van der Waals surface area contributed by atoms with Gasteiger partial charge in [-0.05, 0) is 42.0 Å². The molecule has 0 radical (unpaired) electrons. The van der Waals surface area contributed by atoms with Crippen molar-refractivity contribution in [2.24, 2.45) is 0 Å². The van der Waals surface area contributed by atoms with Gasteiger partial charge in [-0.2, -0.15) is 0 Å². The van der Waals surface area contributed by atoms with Gasteiger partial charge in [0.1, 0.15) is 13.2 Å². The van der Waals surface area contributed by atoms with Crippen LogP contribution in [0, 0.1) is 0 Å². The highest BCUT2D eigenvalue weighted by Crippen LogP contribution is 2.33. The summed E-state index contributed by atoms with van der Waals surface area (Å²) in [6.07, 6.45) is 1.25. The van der Waals surface area contributed by atoms with Crippen LogP contribution in [0.2, 0.25) is 0 Å². The van der Waals surface area contributed by atoms with Gasteiger partial charge in [-0.25, -0.2) is 13.1 Å². The molecule has 5 nitrogen and oxygen atoms in total. The van der Waals surface area contributed by atoms with Gasteiger partial charge >= 0.3 is 0 Å². The number of nitrogens with one attached hydrogen (secondary N) is 1. The van der Waals surface area contributed by atoms with E-state index in [0.29, 0.717) is 26.2 Å². The lowest BCUT2D eigenvalue weighted by Crippen LogP contribution is -2.28. The largest absolute Gasteiger partial charge is 0.486 e. The number of fused-ring (bicyclic) bond motifs is 1. The topological polar surface area (TPSA) is 64.6 Å². The molecule has 0 saturated carbocycles.